The van der Waals surface area contributed by atoms with E-state index >= 15 is 0 Å². The first kappa shape index (κ1) is 15.5. The third kappa shape index (κ3) is 2.98. The molecule has 3 heterocycles. The van der Waals surface area contributed by atoms with Gasteiger partial charge in [0, 0.05) is 35.1 Å². The van der Waals surface area contributed by atoms with E-state index in [0.29, 0.717) is 11.0 Å². The predicted octanol–water partition coefficient (Wildman–Crippen LogP) is 5.30. The number of hydrogen-bond donors (Lipinski definition) is 1. The summed E-state index contributed by atoms with van der Waals surface area (Å²) in [5, 5.41) is 1.45. The minimum absolute atomic E-state index is 0.286. The summed E-state index contributed by atoms with van der Waals surface area (Å²) in [6.45, 7) is 1.99. The Labute approximate surface area is 146 Å². The summed E-state index contributed by atoms with van der Waals surface area (Å²) in [5.41, 5.74) is 4.00. The van der Waals surface area contributed by atoms with E-state index in [9.17, 15) is 0 Å². The van der Waals surface area contributed by atoms with Gasteiger partial charge in [0.1, 0.15) is 11.3 Å². The van der Waals surface area contributed by atoms with Crippen LogP contribution in [0.15, 0.2) is 30.6 Å². The lowest BCUT2D eigenvalue weighted by atomic mass is 9.98. The van der Waals surface area contributed by atoms with Crippen LogP contribution in [0, 0.1) is 6.92 Å². The van der Waals surface area contributed by atoms with Gasteiger partial charge < -0.3 is 9.72 Å². The number of ether oxygens (including phenoxy) is 1. The van der Waals surface area contributed by atoms with Gasteiger partial charge in [0.15, 0.2) is 0 Å². The van der Waals surface area contributed by atoms with E-state index in [0.717, 1.165) is 40.6 Å². The molecule has 1 fully saturated rings. The van der Waals surface area contributed by atoms with E-state index in [-0.39, 0.29) is 6.10 Å². The molecule has 0 amide bonds. The molecule has 1 saturated carbocycles. The molecule has 3 aromatic heterocycles. The van der Waals surface area contributed by atoms with Gasteiger partial charge in [-0.05, 0) is 50.3 Å². The first-order valence-corrected chi connectivity index (χ1v) is 8.86. The van der Waals surface area contributed by atoms with Crippen LogP contribution in [-0.2, 0) is 0 Å². The van der Waals surface area contributed by atoms with Gasteiger partial charge in [0.05, 0.1) is 5.52 Å². The summed E-state index contributed by atoms with van der Waals surface area (Å²) in [6, 6.07) is 5.99. The number of fused-ring (bicyclic) bond motifs is 1. The average molecular weight is 342 g/mol. The summed E-state index contributed by atoms with van der Waals surface area (Å²) in [5.74, 6) is 0.700. The van der Waals surface area contributed by atoms with Crippen LogP contribution in [0.3, 0.4) is 0 Å². The molecule has 0 unspecified atom stereocenters. The largest absolute Gasteiger partial charge is 0.474 e. The van der Waals surface area contributed by atoms with Crippen molar-refractivity contribution in [3.63, 3.8) is 0 Å². The second kappa shape index (κ2) is 6.44. The number of rotatable bonds is 3. The Morgan fingerprint density at radius 2 is 2.04 bits per heavy atom. The first-order valence-electron chi connectivity index (χ1n) is 8.48. The van der Waals surface area contributed by atoms with Gasteiger partial charge in [-0.1, -0.05) is 18.0 Å². The van der Waals surface area contributed by atoms with Crippen molar-refractivity contribution >= 4 is 22.5 Å². The van der Waals surface area contributed by atoms with Gasteiger partial charge in [-0.15, -0.1) is 0 Å². The zero-order valence-electron chi connectivity index (χ0n) is 13.7. The molecule has 3 aromatic rings. The highest BCUT2D eigenvalue weighted by atomic mass is 35.5. The molecule has 124 valence electrons. The van der Waals surface area contributed by atoms with Gasteiger partial charge in [0.25, 0.3) is 0 Å². The Kier molecular flexibility index (Phi) is 4.15. The quantitative estimate of drug-likeness (QED) is 0.658. The molecule has 0 saturated heterocycles. The number of aromatic nitrogens is 3. The fourth-order valence-corrected chi connectivity index (χ4v) is 3.73. The average Bonchev–Trinajstić information content (AvgIpc) is 3.01. The minimum Gasteiger partial charge on any atom is -0.474 e. The maximum atomic E-state index is 6.31. The molecule has 24 heavy (non-hydrogen) atoms. The number of aromatic amines is 1. The summed E-state index contributed by atoms with van der Waals surface area (Å²) in [7, 11) is 0. The Morgan fingerprint density at radius 3 is 2.88 bits per heavy atom. The Bertz CT molecular complexity index is 868. The highest BCUT2D eigenvalue weighted by molar-refractivity contribution is 6.35. The zero-order valence-corrected chi connectivity index (χ0v) is 14.4. The molecule has 0 spiro atoms. The van der Waals surface area contributed by atoms with Crippen molar-refractivity contribution < 1.29 is 4.74 Å². The molecule has 0 aromatic carbocycles. The number of pyridine rings is 2. The van der Waals surface area contributed by atoms with E-state index in [1.165, 1.54) is 19.3 Å². The standard InChI is InChI=1S/C19H20ClN3O/c1-12-9-13(10-17(23-12)24-14-5-3-2-4-6-14)15-11-22-16-7-8-21-19(20)18(15)16/h7-11,14,22H,2-6H2,1H3. The second-order valence-electron chi connectivity index (χ2n) is 6.44. The predicted molar refractivity (Wildman–Crippen MR) is 96.6 cm³/mol. The highest BCUT2D eigenvalue weighted by Gasteiger charge is 2.17. The molecule has 4 rings (SSSR count). The summed E-state index contributed by atoms with van der Waals surface area (Å²) in [6.07, 6.45) is 10.0. The number of nitrogens with zero attached hydrogens (tertiary/aromatic N) is 2. The smallest absolute Gasteiger partial charge is 0.214 e. The van der Waals surface area contributed by atoms with Gasteiger partial charge in [-0.2, -0.15) is 0 Å². The van der Waals surface area contributed by atoms with Crippen LogP contribution in [0.1, 0.15) is 37.8 Å². The van der Waals surface area contributed by atoms with Crippen molar-refractivity contribution in [2.75, 3.05) is 0 Å². The van der Waals surface area contributed by atoms with Gasteiger partial charge in [0.2, 0.25) is 5.88 Å². The van der Waals surface area contributed by atoms with E-state index in [1.54, 1.807) is 6.20 Å². The number of nitrogens with one attached hydrogen (secondary N) is 1. The van der Waals surface area contributed by atoms with Crippen molar-refractivity contribution in [1.82, 2.24) is 15.0 Å². The molecule has 1 aliphatic carbocycles. The third-order valence-electron chi connectivity index (χ3n) is 4.63. The van der Waals surface area contributed by atoms with Crippen LogP contribution in [0.25, 0.3) is 22.0 Å². The van der Waals surface area contributed by atoms with Crippen molar-refractivity contribution in [3.8, 4) is 17.0 Å². The minimum atomic E-state index is 0.286. The Hall–Kier alpha value is -2.07. The lowest BCUT2D eigenvalue weighted by Crippen LogP contribution is -2.20. The van der Waals surface area contributed by atoms with Crippen molar-refractivity contribution in [2.45, 2.75) is 45.1 Å². The van der Waals surface area contributed by atoms with E-state index in [1.807, 2.05) is 25.3 Å². The van der Waals surface area contributed by atoms with Crippen LogP contribution >= 0.6 is 11.6 Å². The Balaban J connectivity index is 1.72. The second-order valence-corrected chi connectivity index (χ2v) is 6.80. The van der Waals surface area contributed by atoms with Gasteiger partial charge in [-0.3, -0.25) is 0 Å². The van der Waals surface area contributed by atoms with Crippen molar-refractivity contribution in [3.05, 3.63) is 41.4 Å². The van der Waals surface area contributed by atoms with E-state index < -0.39 is 0 Å². The molecule has 1 aliphatic rings. The van der Waals surface area contributed by atoms with E-state index in [2.05, 4.69) is 21.0 Å². The van der Waals surface area contributed by atoms with Crippen LogP contribution in [0.5, 0.6) is 5.88 Å². The fourth-order valence-electron chi connectivity index (χ4n) is 3.47. The maximum absolute atomic E-state index is 6.31. The molecular weight excluding hydrogens is 322 g/mol. The topological polar surface area (TPSA) is 50.8 Å². The zero-order chi connectivity index (χ0) is 16.5. The maximum Gasteiger partial charge on any atom is 0.214 e. The van der Waals surface area contributed by atoms with Gasteiger partial charge in [-0.25, -0.2) is 9.97 Å². The van der Waals surface area contributed by atoms with Crippen molar-refractivity contribution in [2.24, 2.45) is 0 Å². The number of H-pyrrole nitrogens is 1. The molecule has 1 N–H and O–H groups in total. The lowest BCUT2D eigenvalue weighted by molar-refractivity contribution is 0.148. The van der Waals surface area contributed by atoms with Crippen molar-refractivity contribution in [1.29, 1.82) is 0 Å². The van der Waals surface area contributed by atoms with Crippen LogP contribution in [0.4, 0.5) is 0 Å². The molecule has 4 nitrogen and oxygen atoms in total. The van der Waals surface area contributed by atoms with Crippen LogP contribution < -0.4 is 4.74 Å². The van der Waals surface area contributed by atoms with Crippen LogP contribution in [-0.4, -0.2) is 21.1 Å². The molecular formula is C19H20ClN3O. The fraction of sp³-hybridized carbons (Fsp3) is 0.368. The summed E-state index contributed by atoms with van der Waals surface area (Å²) in [4.78, 5) is 12.0. The van der Waals surface area contributed by atoms with Gasteiger partial charge >= 0.3 is 0 Å². The normalized spacial score (nSPS) is 15.8. The summed E-state index contributed by atoms with van der Waals surface area (Å²) < 4.78 is 6.15. The highest BCUT2D eigenvalue weighted by Crippen LogP contribution is 2.34. The molecule has 0 atom stereocenters. The number of hydrogen-bond acceptors (Lipinski definition) is 3. The molecule has 0 radical (unpaired) electrons. The SMILES string of the molecule is Cc1cc(-c2c[nH]c3ccnc(Cl)c23)cc(OC2CCCCC2)n1. The number of aryl methyl sites for hydroxylation is 1. The Morgan fingerprint density at radius 1 is 1.21 bits per heavy atom. The molecule has 0 aliphatic heterocycles. The number of halogens is 1. The monoisotopic (exact) mass is 341 g/mol. The molecule has 0 bridgehead atoms. The first-order chi connectivity index (χ1) is 11.7. The third-order valence-corrected chi connectivity index (χ3v) is 4.91. The summed E-state index contributed by atoms with van der Waals surface area (Å²) >= 11 is 6.31. The molecule has 5 heteroatoms. The van der Waals surface area contributed by atoms with E-state index in [4.69, 9.17) is 16.3 Å². The lowest BCUT2D eigenvalue weighted by Gasteiger charge is -2.22. The van der Waals surface area contributed by atoms with Crippen LogP contribution in [0.2, 0.25) is 5.15 Å².